The molecule has 0 aromatic heterocycles. The Morgan fingerprint density at radius 1 is 1.18 bits per heavy atom. The number of nitrogens with zero attached hydrogens (tertiary/aromatic N) is 1. The van der Waals surface area contributed by atoms with Crippen LogP contribution < -0.4 is 5.32 Å². The minimum Gasteiger partial charge on any atom is -0.444 e. The SMILES string of the molecule is CC(NC1CCC(N(C)C(=O)OC(C)(C)C)CC1)C(C)(C)O. The van der Waals surface area contributed by atoms with Gasteiger partial charge in [-0.1, -0.05) is 0 Å². The summed E-state index contributed by atoms with van der Waals surface area (Å²) in [6.07, 6.45) is 3.71. The predicted octanol–water partition coefficient (Wildman–Crippen LogP) is 2.91. The lowest BCUT2D eigenvalue weighted by atomic mass is 9.89. The molecule has 0 aliphatic heterocycles. The summed E-state index contributed by atoms with van der Waals surface area (Å²) < 4.78 is 5.43. The molecule has 1 unspecified atom stereocenters. The molecule has 130 valence electrons. The van der Waals surface area contributed by atoms with Gasteiger partial charge in [0.25, 0.3) is 0 Å². The molecule has 1 amide bonds. The van der Waals surface area contributed by atoms with Gasteiger partial charge in [-0.25, -0.2) is 4.79 Å². The fourth-order valence-corrected chi connectivity index (χ4v) is 2.67. The average molecular weight is 314 g/mol. The first-order valence-corrected chi connectivity index (χ1v) is 8.34. The molecule has 1 aliphatic rings. The largest absolute Gasteiger partial charge is 0.444 e. The van der Waals surface area contributed by atoms with Crippen LogP contribution in [-0.2, 0) is 4.74 Å². The number of amides is 1. The molecule has 22 heavy (non-hydrogen) atoms. The lowest BCUT2D eigenvalue weighted by molar-refractivity contribution is 0.0157. The van der Waals surface area contributed by atoms with E-state index in [0.717, 1.165) is 25.7 Å². The highest BCUT2D eigenvalue weighted by atomic mass is 16.6. The standard InChI is InChI=1S/C17H34N2O3/c1-12(17(5,6)21)18-13-8-10-14(11-9-13)19(7)15(20)22-16(2,3)4/h12-14,18,21H,8-11H2,1-7H3. The summed E-state index contributed by atoms with van der Waals surface area (Å²) in [4.78, 5) is 13.8. The van der Waals surface area contributed by atoms with Crippen molar-refractivity contribution >= 4 is 6.09 Å². The molecule has 5 nitrogen and oxygen atoms in total. The quantitative estimate of drug-likeness (QED) is 0.837. The van der Waals surface area contributed by atoms with Crippen molar-refractivity contribution in [2.75, 3.05) is 7.05 Å². The molecule has 0 spiro atoms. The Morgan fingerprint density at radius 2 is 1.68 bits per heavy atom. The Morgan fingerprint density at radius 3 is 2.09 bits per heavy atom. The zero-order valence-corrected chi connectivity index (χ0v) is 15.3. The van der Waals surface area contributed by atoms with Crippen LogP contribution in [0.5, 0.6) is 0 Å². The average Bonchev–Trinajstić information content (AvgIpc) is 2.35. The minimum absolute atomic E-state index is 0.0534. The van der Waals surface area contributed by atoms with E-state index in [9.17, 15) is 9.90 Å². The number of nitrogens with one attached hydrogen (secondary N) is 1. The first-order valence-electron chi connectivity index (χ1n) is 8.34. The van der Waals surface area contributed by atoms with E-state index in [1.165, 1.54) is 0 Å². The smallest absolute Gasteiger partial charge is 0.410 e. The fourth-order valence-electron chi connectivity index (χ4n) is 2.67. The minimum atomic E-state index is -0.718. The maximum absolute atomic E-state index is 12.1. The van der Waals surface area contributed by atoms with Crippen LogP contribution in [0.25, 0.3) is 0 Å². The summed E-state index contributed by atoms with van der Waals surface area (Å²) in [7, 11) is 1.83. The summed E-state index contributed by atoms with van der Waals surface area (Å²) >= 11 is 0. The number of hydrogen-bond acceptors (Lipinski definition) is 4. The zero-order valence-electron chi connectivity index (χ0n) is 15.3. The molecular formula is C17H34N2O3. The predicted molar refractivity (Wildman–Crippen MR) is 88.9 cm³/mol. The number of ether oxygens (including phenoxy) is 1. The molecule has 0 bridgehead atoms. The Bertz CT molecular complexity index is 363. The number of carbonyl (C=O) groups is 1. The van der Waals surface area contributed by atoms with Gasteiger partial charge in [0, 0.05) is 25.2 Å². The molecule has 0 heterocycles. The molecule has 1 rings (SSSR count). The first-order chi connectivity index (χ1) is 9.90. The third-order valence-corrected chi connectivity index (χ3v) is 4.47. The van der Waals surface area contributed by atoms with E-state index in [1.54, 1.807) is 4.90 Å². The summed E-state index contributed by atoms with van der Waals surface area (Å²) in [6, 6.07) is 0.702. The summed E-state index contributed by atoms with van der Waals surface area (Å²) in [6.45, 7) is 11.3. The van der Waals surface area contributed by atoms with Crippen molar-refractivity contribution in [3.05, 3.63) is 0 Å². The molecule has 5 heteroatoms. The monoisotopic (exact) mass is 314 g/mol. The highest BCUT2D eigenvalue weighted by molar-refractivity contribution is 5.68. The van der Waals surface area contributed by atoms with Gasteiger partial charge in [0.2, 0.25) is 0 Å². The molecule has 1 fully saturated rings. The second-order valence-corrected chi connectivity index (χ2v) is 8.14. The van der Waals surface area contributed by atoms with E-state index in [2.05, 4.69) is 5.32 Å². The highest BCUT2D eigenvalue weighted by Crippen LogP contribution is 2.25. The Labute approximate surface area is 135 Å². The molecule has 1 aliphatic carbocycles. The third-order valence-electron chi connectivity index (χ3n) is 4.47. The van der Waals surface area contributed by atoms with Crippen LogP contribution in [0.3, 0.4) is 0 Å². The van der Waals surface area contributed by atoms with Gasteiger partial charge < -0.3 is 20.1 Å². The van der Waals surface area contributed by atoms with Crippen molar-refractivity contribution < 1.29 is 14.6 Å². The maximum Gasteiger partial charge on any atom is 0.410 e. The molecule has 0 radical (unpaired) electrons. The Kier molecular flexibility index (Phi) is 6.27. The van der Waals surface area contributed by atoms with Gasteiger partial charge in [-0.2, -0.15) is 0 Å². The molecule has 0 aromatic rings. The summed E-state index contributed by atoms with van der Waals surface area (Å²) in [5, 5.41) is 13.5. The van der Waals surface area contributed by atoms with Crippen LogP contribution in [0.4, 0.5) is 4.79 Å². The first kappa shape index (κ1) is 19.2. The summed E-state index contributed by atoms with van der Waals surface area (Å²) in [5.41, 5.74) is -1.17. The van der Waals surface area contributed by atoms with E-state index in [4.69, 9.17) is 4.74 Å². The fraction of sp³-hybridized carbons (Fsp3) is 0.941. The van der Waals surface area contributed by atoms with E-state index in [0.29, 0.717) is 6.04 Å². The lowest BCUT2D eigenvalue weighted by Gasteiger charge is -2.38. The van der Waals surface area contributed by atoms with Crippen molar-refractivity contribution in [1.29, 1.82) is 0 Å². The van der Waals surface area contributed by atoms with Crippen LogP contribution in [0.15, 0.2) is 0 Å². The van der Waals surface area contributed by atoms with Crippen molar-refractivity contribution in [2.45, 2.75) is 96.6 Å². The number of rotatable bonds is 4. The maximum atomic E-state index is 12.1. The van der Waals surface area contributed by atoms with Crippen molar-refractivity contribution in [2.24, 2.45) is 0 Å². The van der Waals surface area contributed by atoms with E-state index in [1.807, 2.05) is 48.6 Å². The van der Waals surface area contributed by atoms with Crippen LogP contribution in [-0.4, -0.2) is 52.5 Å². The third kappa shape index (κ3) is 6.13. The van der Waals surface area contributed by atoms with E-state index in [-0.39, 0.29) is 18.2 Å². The van der Waals surface area contributed by atoms with Crippen molar-refractivity contribution in [3.8, 4) is 0 Å². The molecule has 0 aromatic carbocycles. The lowest BCUT2D eigenvalue weighted by Crippen LogP contribution is -2.51. The van der Waals surface area contributed by atoms with Gasteiger partial charge in [0.05, 0.1) is 5.60 Å². The Hall–Kier alpha value is -0.810. The Balaban J connectivity index is 2.43. The van der Waals surface area contributed by atoms with Gasteiger partial charge >= 0.3 is 6.09 Å². The van der Waals surface area contributed by atoms with Gasteiger partial charge in [-0.05, 0) is 67.2 Å². The van der Waals surface area contributed by atoms with E-state index < -0.39 is 11.2 Å². The number of aliphatic hydroxyl groups is 1. The number of hydrogen-bond donors (Lipinski definition) is 2. The van der Waals surface area contributed by atoms with Gasteiger partial charge in [-0.15, -0.1) is 0 Å². The van der Waals surface area contributed by atoms with Gasteiger partial charge in [0.15, 0.2) is 0 Å². The molecule has 1 saturated carbocycles. The van der Waals surface area contributed by atoms with Crippen molar-refractivity contribution in [1.82, 2.24) is 10.2 Å². The van der Waals surface area contributed by atoms with Crippen molar-refractivity contribution in [3.63, 3.8) is 0 Å². The topological polar surface area (TPSA) is 61.8 Å². The molecule has 2 N–H and O–H groups in total. The number of carbonyl (C=O) groups excluding carboxylic acids is 1. The van der Waals surface area contributed by atoms with Gasteiger partial charge in [0.1, 0.15) is 5.60 Å². The highest BCUT2D eigenvalue weighted by Gasteiger charge is 2.31. The molecule has 1 atom stereocenters. The van der Waals surface area contributed by atoms with Crippen LogP contribution >= 0.6 is 0 Å². The molecule has 0 saturated heterocycles. The second kappa shape index (κ2) is 7.18. The van der Waals surface area contributed by atoms with E-state index >= 15 is 0 Å². The second-order valence-electron chi connectivity index (χ2n) is 8.14. The summed E-state index contributed by atoms with van der Waals surface area (Å²) in [5.74, 6) is 0. The van der Waals surface area contributed by atoms with Crippen LogP contribution in [0.2, 0.25) is 0 Å². The zero-order chi connectivity index (χ0) is 17.1. The van der Waals surface area contributed by atoms with Gasteiger partial charge in [-0.3, -0.25) is 0 Å². The molecular weight excluding hydrogens is 280 g/mol. The van der Waals surface area contributed by atoms with Crippen LogP contribution in [0, 0.1) is 0 Å². The van der Waals surface area contributed by atoms with Crippen LogP contribution in [0.1, 0.15) is 67.2 Å². The normalized spacial score (nSPS) is 24.7.